The molecule has 5 nitrogen and oxygen atoms in total. The summed E-state index contributed by atoms with van der Waals surface area (Å²) >= 11 is 5.98. The van der Waals surface area contributed by atoms with Gasteiger partial charge in [-0.3, -0.25) is 0 Å². The van der Waals surface area contributed by atoms with E-state index < -0.39 is 0 Å². The van der Waals surface area contributed by atoms with Gasteiger partial charge in [0.15, 0.2) is 0 Å². The summed E-state index contributed by atoms with van der Waals surface area (Å²) in [4.78, 5) is 14.8. The van der Waals surface area contributed by atoms with Gasteiger partial charge >= 0.3 is 0 Å². The van der Waals surface area contributed by atoms with Crippen LogP contribution in [0.3, 0.4) is 0 Å². The highest BCUT2D eigenvalue weighted by Crippen LogP contribution is 2.25. The molecular formula is C14H26ClN5. The minimum absolute atomic E-state index is 0.229. The summed E-state index contributed by atoms with van der Waals surface area (Å²) in [5, 5.41) is 3.49. The quantitative estimate of drug-likeness (QED) is 0.871. The fraction of sp³-hybridized carbons (Fsp3) is 0.786. The second-order valence-electron chi connectivity index (χ2n) is 6.05. The highest BCUT2D eigenvalue weighted by Gasteiger charge is 2.20. The second kappa shape index (κ2) is 7.07. The van der Waals surface area contributed by atoms with Crippen molar-refractivity contribution in [3.8, 4) is 0 Å². The molecule has 0 saturated heterocycles. The maximum atomic E-state index is 5.98. The lowest BCUT2D eigenvalue weighted by atomic mass is 9.82. The van der Waals surface area contributed by atoms with Gasteiger partial charge in [0.1, 0.15) is 0 Å². The number of aromatic nitrogens is 3. The fourth-order valence-electron chi connectivity index (χ4n) is 1.62. The summed E-state index contributed by atoms with van der Waals surface area (Å²) in [6.07, 6.45) is 0. The minimum Gasteiger partial charge on any atom is -0.354 e. The minimum atomic E-state index is 0.229. The molecule has 0 aromatic carbocycles. The lowest BCUT2D eigenvalue weighted by Crippen LogP contribution is -2.27. The van der Waals surface area contributed by atoms with Crippen molar-refractivity contribution in [1.82, 2.24) is 15.0 Å². The summed E-state index contributed by atoms with van der Waals surface area (Å²) in [7, 11) is 0. The van der Waals surface area contributed by atoms with Crippen molar-refractivity contribution in [2.24, 2.45) is 11.3 Å². The Hall–Kier alpha value is -1.10. The summed E-state index contributed by atoms with van der Waals surface area (Å²) in [6, 6.07) is 0. The van der Waals surface area contributed by atoms with Crippen molar-refractivity contribution < 1.29 is 0 Å². The molecule has 0 aliphatic rings. The van der Waals surface area contributed by atoms with Crippen LogP contribution in [-0.4, -0.2) is 34.6 Å². The first-order chi connectivity index (χ1) is 9.27. The van der Waals surface area contributed by atoms with Crippen molar-refractivity contribution in [3.63, 3.8) is 0 Å². The molecule has 1 atom stereocenters. The molecule has 1 unspecified atom stereocenters. The fourth-order valence-corrected chi connectivity index (χ4v) is 1.77. The highest BCUT2D eigenvalue weighted by atomic mass is 35.5. The Morgan fingerprint density at radius 2 is 1.75 bits per heavy atom. The number of nitrogens with zero attached hydrogens (tertiary/aromatic N) is 4. The molecule has 1 N–H and O–H groups in total. The maximum Gasteiger partial charge on any atom is 0.231 e. The Balaban J connectivity index is 2.81. The molecule has 20 heavy (non-hydrogen) atoms. The van der Waals surface area contributed by atoms with Crippen LogP contribution in [0.1, 0.15) is 41.5 Å². The summed E-state index contributed by atoms with van der Waals surface area (Å²) in [5.74, 6) is 1.67. The first kappa shape index (κ1) is 17.0. The SMILES string of the molecule is CCN(CC)c1nc(Cl)nc(NCC(C)C(C)(C)C)n1. The van der Waals surface area contributed by atoms with Crippen LogP contribution in [0.5, 0.6) is 0 Å². The lowest BCUT2D eigenvalue weighted by Gasteiger charge is -2.27. The van der Waals surface area contributed by atoms with E-state index in [9.17, 15) is 0 Å². The zero-order valence-electron chi connectivity index (χ0n) is 13.4. The van der Waals surface area contributed by atoms with Crippen LogP contribution in [0.25, 0.3) is 0 Å². The smallest absolute Gasteiger partial charge is 0.231 e. The van der Waals surface area contributed by atoms with Crippen molar-refractivity contribution in [1.29, 1.82) is 0 Å². The Kier molecular flexibility index (Phi) is 5.99. The number of rotatable bonds is 6. The molecule has 0 bridgehead atoms. The highest BCUT2D eigenvalue weighted by molar-refractivity contribution is 6.28. The molecule has 1 rings (SSSR count). The molecule has 1 heterocycles. The van der Waals surface area contributed by atoms with Crippen LogP contribution >= 0.6 is 11.6 Å². The maximum absolute atomic E-state index is 5.98. The third-order valence-electron chi connectivity index (χ3n) is 3.69. The average Bonchev–Trinajstić information content (AvgIpc) is 2.35. The molecule has 0 amide bonds. The van der Waals surface area contributed by atoms with Gasteiger partial charge in [-0.05, 0) is 36.8 Å². The van der Waals surface area contributed by atoms with Gasteiger partial charge in [-0.25, -0.2) is 0 Å². The molecule has 0 fully saturated rings. The van der Waals surface area contributed by atoms with Crippen LogP contribution in [0.4, 0.5) is 11.9 Å². The number of hydrogen-bond donors (Lipinski definition) is 1. The van der Waals surface area contributed by atoms with E-state index in [1.54, 1.807) is 0 Å². The van der Waals surface area contributed by atoms with Gasteiger partial charge in [-0.2, -0.15) is 15.0 Å². The van der Waals surface area contributed by atoms with E-state index in [0.717, 1.165) is 19.6 Å². The third-order valence-corrected chi connectivity index (χ3v) is 3.86. The molecule has 0 aliphatic carbocycles. The van der Waals surface area contributed by atoms with E-state index in [1.165, 1.54) is 0 Å². The summed E-state index contributed by atoms with van der Waals surface area (Å²) in [5.41, 5.74) is 0.242. The molecular weight excluding hydrogens is 274 g/mol. The first-order valence-electron chi connectivity index (χ1n) is 7.18. The van der Waals surface area contributed by atoms with Crippen LogP contribution in [0.15, 0.2) is 0 Å². The number of anilines is 2. The Morgan fingerprint density at radius 3 is 2.25 bits per heavy atom. The van der Waals surface area contributed by atoms with Gasteiger partial charge in [-0.15, -0.1) is 0 Å². The number of nitrogens with one attached hydrogen (secondary N) is 1. The van der Waals surface area contributed by atoms with E-state index in [0.29, 0.717) is 17.8 Å². The zero-order chi connectivity index (χ0) is 15.3. The Labute approximate surface area is 127 Å². The average molecular weight is 300 g/mol. The first-order valence-corrected chi connectivity index (χ1v) is 7.56. The summed E-state index contributed by atoms with van der Waals surface area (Å²) in [6.45, 7) is 15.5. The van der Waals surface area contributed by atoms with Gasteiger partial charge in [0.2, 0.25) is 17.2 Å². The molecule has 0 radical (unpaired) electrons. The van der Waals surface area contributed by atoms with Gasteiger partial charge in [-0.1, -0.05) is 27.7 Å². The monoisotopic (exact) mass is 299 g/mol. The molecule has 6 heteroatoms. The lowest BCUT2D eigenvalue weighted by molar-refractivity contribution is 0.274. The van der Waals surface area contributed by atoms with Crippen molar-refractivity contribution in [3.05, 3.63) is 5.28 Å². The molecule has 1 aromatic heterocycles. The van der Waals surface area contributed by atoms with Gasteiger partial charge in [0, 0.05) is 19.6 Å². The van der Waals surface area contributed by atoms with Crippen molar-refractivity contribution >= 4 is 23.5 Å². The number of hydrogen-bond acceptors (Lipinski definition) is 5. The number of halogens is 1. The molecule has 0 aliphatic heterocycles. The van der Waals surface area contributed by atoms with Gasteiger partial charge in [0.25, 0.3) is 0 Å². The molecule has 0 spiro atoms. The van der Waals surface area contributed by atoms with E-state index in [2.05, 4.69) is 61.8 Å². The van der Waals surface area contributed by atoms with Gasteiger partial charge < -0.3 is 10.2 Å². The van der Waals surface area contributed by atoms with E-state index >= 15 is 0 Å². The van der Waals surface area contributed by atoms with Crippen molar-refractivity contribution in [2.75, 3.05) is 29.9 Å². The zero-order valence-corrected chi connectivity index (χ0v) is 14.1. The van der Waals surface area contributed by atoms with Crippen LogP contribution in [0.2, 0.25) is 5.28 Å². The molecule has 0 saturated carbocycles. The largest absolute Gasteiger partial charge is 0.354 e. The second-order valence-corrected chi connectivity index (χ2v) is 6.39. The Morgan fingerprint density at radius 1 is 1.15 bits per heavy atom. The van der Waals surface area contributed by atoms with Crippen LogP contribution in [-0.2, 0) is 0 Å². The van der Waals surface area contributed by atoms with Crippen molar-refractivity contribution in [2.45, 2.75) is 41.5 Å². The Bertz CT molecular complexity index is 426. The predicted octanol–water partition coefficient (Wildman–Crippen LogP) is 3.47. The normalized spacial score (nSPS) is 13.2. The predicted molar refractivity (Wildman–Crippen MR) is 85.5 cm³/mol. The molecule has 114 valence electrons. The topological polar surface area (TPSA) is 53.9 Å². The summed E-state index contributed by atoms with van der Waals surface area (Å²) < 4.78 is 0. The van der Waals surface area contributed by atoms with Crippen LogP contribution < -0.4 is 10.2 Å². The van der Waals surface area contributed by atoms with E-state index in [4.69, 9.17) is 11.6 Å². The standard InChI is InChI=1S/C14H26ClN5/c1-7-20(8-2)13-18-11(15)17-12(19-13)16-9-10(3)14(4,5)6/h10H,7-9H2,1-6H3,(H,16,17,18,19). The van der Waals surface area contributed by atoms with Gasteiger partial charge in [0.05, 0.1) is 0 Å². The van der Waals surface area contributed by atoms with E-state index in [-0.39, 0.29) is 10.7 Å². The van der Waals surface area contributed by atoms with E-state index in [1.807, 2.05) is 4.90 Å². The van der Waals surface area contributed by atoms with Crippen LogP contribution in [0, 0.1) is 11.3 Å². The third kappa shape index (κ3) is 4.78. The molecule has 1 aromatic rings.